The van der Waals surface area contributed by atoms with Crippen LogP contribution in [0, 0.1) is 12.8 Å². The molecule has 0 bridgehead atoms. The molecular formula is C27H36N4O7. The van der Waals surface area contributed by atoms with Crippen LogP contribution in [-0.4, -0.2) is 60.1 Å². The molecular weight excluding hydrogens is 492 g/mol. The zero-order chi connectivity index (χ0) is 27.2. The minimum Gasteiger partial charge on any atom is -0.507 e. The van der Waals surface area contributed by atoms with Crippen molar-refractivity contribution in [2.75, 3.05) is 19.6 Å². The number of nitrogens with two attached hydrogens (primary N) is 2. The van der Waals surface area contributed by atoms with Gasteiger partial charge in [-0.25, -0.2) is 4.79 Å². The van der Waals surface area contributed by atoms with Crippen molar-refractivity contribution in [1.82, 2.24) is 5.32 Å². The van der Waals surface area contributed by atoms with Gasteiger partial charge < -0.3 is 40.5 Å². The van der Waals surface area contributed by atoms with Gasteiger partial charge >= 0.3 is 5.97 Å². The minimum atomic E-state index is -1.07. The second-order valence-corrected chi connectivity index (χ2v) is 10.9. The predicted molar refractivity (Wildman–Crippen MR) is 140 cm³/mol. The molecule has 2 saturated heterocycles. The van der Waals surface area contributed by atoms with E-state index < -0.39 is 23.3 Å². The molecule has 1 aromatic carbocycles. The highest BCUT2D eigenvalue weighted by atomic mass is 16.7. The first kappa shape index (κ1) is 26.3. The standard InChI is InChI=1S/C27H36N4O7/c1-14-11-17(32)22-19(35-14)13-18-16(23(22)33)12-21(26(2,37-18)15-6-9-30-10-7-15)36-24(34)27(3)20(38-27)5-4-8-31-25(28)29/h11,13,15,20-21,30,33H,4-10,12H2,1-3H3,(H4,28,29,31). The maximum absolute atomic E-state index is 13.4. The molecule has 3 aliphatic rings. The number of epoxide rings is 1. The van der Waals surface area contributed by atoms with Gasteiger partial charge in [-0.1, -0.05) is 0 Å². The lowest BCUT2D eigenvalue weighted by Crippen LogP contribution is -2.58. The summed E-state index contributed by atoms with van der Waals surface area (Å²) in [7, 11) is 0. The number of fused-ring (bicyclic) bond motifs is 2. The number of rotatable bonds is 7. The van der Waals surface area contributed by atoms with Crippen LogP contribution in [0.15, 0.2) is 26.3 Å². The smallest absolute Gasteiger partial charge is 0.341 e. The number of phenolic OH excluding ortho intramolecular Hbond substituents is 1. The van der Waals surface area contributed by atoms with Crippen LogP contribution in [0.5, 0.6) is 11.5 Å². The highest BCUT2D eigenvalue weighted by Gasteiger charge is 2.61. The Labute approximate surface area is 220 Å². The molecule has 206 valence electrons. The van der Waals surface area contributed by atoms with Crippen molar-refractivity contribution in [3.63, 3.8) is 0 Å². The SMILES string of the molecule is Cc1cc(=O)c2c(O)c3c(cc2o1)OC(C)(C1CCNCC1)C(OC(=O)C1(C)OC1CCCN=C(N)N)C3. The maximum atomic E-state index is 13.4. The Morgan fingerprint density at radius 3 is 2.71 bits per heavy atom. The van der Waals surface area contributed by atoms with Gasteiger partial charge in [0.15, 0.2) is 17.0 Å². The lowest BCUT2D eigenvalue weighted by atomic mass is 9.75. The Morgan fingerprint density at radius 1 is 1.26 bits per heavy atom. The number of carbonyl (C=O) groups excluding carboxylic acids is 1. The van der Waals surface area contributed by atoms with Crippen molar-refractivity contribution < 1.29 is 28.5 Å². The minimum absolute atomic E-state index is 0.0302. The number of aryl methyl sites for hydroxylation is 1. The summed E-state index contributed by atoms with van der Waals surface area (Å²) in [6, 6.07) is 3.00. The van der Waals surface area contributed by atoms with E-state index in [0.717, 1.165) is 25.9 Å². The Bertz CT molecular complexity index is 1330. The van der Waals surface area contributed by atoms with Crippen molar-refractivity contribution in [2.24, 2.45) is 22.4 Å². The third-order valence-corrected chi connectivity index (χ3v) is 8.21. The molecule has 1 aromatic heterocycles. The fourth-order valence-corrected chi connectivity index (χ4v) is 5.83. The summed E-state index contributed by atoms with van der Waals surface area (Å²) in [5, 5.41) is 14.6. The largest absolute Gasteiger partial charge is 0.507 e. The van der Waals surface area contributed by atoms with E-state index in [9.17, 15) is 14.7 Å². The van der Waals surface area contributed by atoms with Crippen molar-refractivity contribution in [2.45, 2.75) is 76.3 Å². The van der Waals surface area contributed by atoms with E-state index in [1.807, 2.05) is 6.92 Å². The molecule has 11 nitrogen and oxygen atoms in total. The van der Waals surface area contributed by atoms with Gasteiger partial charge in [0.2, 0.25) is 0 Å². The molecule has 4 atom stereocenters. The van der Waals surface area contributed by atoms with Gasteiger partial charge in [0.1, 0.15) is 39.9 Å². The topological polar surface area (TPSA) is 175 Å². The Balaban J connectivity index is 1.43. The van der Waals surface area contributed by atoms with Gasteiger partial charge in [-0.2, -0.15) is 0 Å². The summed E-state index contributed by atoms with van der Waals surface area (Å²) < 4.78 is 24.2. The zero-order valence-corrected chi connectivity index (χ0v) is 22.0. The van der Waals surface area contributed by atoms with E-state index >= 15 is 0 Å². The average Bonchev–Trinajstić information content (AvgIpc) is 3.54. The van der Waals surface area contributed by atoms with Crippen molar-refractivity contribution in [3.05, 3.63) is 33.7 Å². The first-order chi connectivity index (χ1) is 18.0. The number of hydrogen-bond acceptors (Lipinski definition) is 9. The number of guanidine groups is 1. The van der Waals surface area contributed by atoms with Crippen LogP contribution in [0.4, 0.5) is 0 Å². The molecule has 11 heteroatoms. The van der Waals surface area contributed by atoms with Crippen molar-refractivity contribution in [3.8, 4) is 11.5 Å². The van der Waals surface area contributed by atoms with Gasteiger partial charge in [-0.15, -0.1) is 0 Å². The third kappa shape index (κ3) is 4.69. The number of piperidine rings is 1. The van der Waals surface area contributed by atoms with Gasteiger partial charge in [0, 0.05) is 36.6 Å². The Kier molecular flexibility index (Phi) is 6.77. The number of esters is 1. The predicted octanol–water partition coefficient (Wildman–Crippen LogP) is 1.62. The molecule has 2 aromatic rings. The number of carbonyl (C=O) groups is 1. The van der Waals surface area contributed by atoms with Gasteiger partial charge in [0.25, 0.3) is 0 Å². The molecule has 4 heterocycles. The first-order valence-corrected chi connectivity index (χ1v) is 13.2. The van der Waals surface area contributed by atoms with Gasteiger partial charge in [-0.3, -0.25) is 9.79 Å². The lowest BCUT2D eigenvalue weighted by Gasteiger charge is -2.47. The number of aliphatic imine (C=N–C) groups is 1. The molecule has 3 aliphatic heterocycles. The average molecular weight is 529 g/mol. The number of nitrogens with zero attached hydrogens (tertiary/aromatic N) is 1. The number of ether oxygens (including phenoxy) is 3. The monoisotopic (exact) mass is 528 g/mol. The molecule has 0 saturated carbocycles. The third-order valence-electron chi connectivity index (χ3n) is 8.21. The Hall–Kier alpha value is -3.31. The highest BCUT2D eigenvalue weighted by molar-refractivity contribution is 5.87. The van der Waals surface area contributed by atoms with Gasteiger partial charge in [-0.05, 0) is 59.5 Å². The van der Waals surface area contributed by atoms with E-state index in [0.29, 0.717) is 36.5 Å². The molecule has 0 radical (unpaired) electrons. The fraction of sp³-hybridized carbons (Fsp3) is 0.593. The lowest BCUT2D eigenvalue weighted by molar-refractivity contribution is -0.175. The summed E-state index contributed by atoms with van der Waals surface area (Å²) >= 11 is 0. The molecule has 2 fully saturated rings. The molecule has 38 heavy (non-hydrogen) atoms. The van der Waals surface area contributed by atoms with Crippen molar-refractivity contribution >= 4 is 22.9 Å². The van der Waals surface area contributed by atoms with E-state index in [4.69, 9.17) is 30.1 Å². The zero-order valence-electron chi connectivity index (χ0n) is 22.0. The van der Waals surface area contributed by atoms with Crippen LogP contribution in [0.25, 0.3) is 11.0 Å². The van der Waals surface area contributed by atoms with Crippen LogP contribution >= 0.6 is 0 Å². The maximum Gasteiger partial charge on any atom is 0.341 e. The second-order valence-electron chi connectivity index (χ2n) is 10.9. The summed E-state index contributed by atoms with van der Waals surface area (Å²) in [4.78, 5) is 30.0. The molecule has 0 amide bonds. The summed E-state index contributed by atoms with van der Waals surface area (Å²) in [5.74, 6) is 0.325. The normalized spacial score (nSPS) is 28.8. The van der Waals surface area contributed by atoms with E-state index in [1.54, 1.807) is 19.9 Å². The molecule has 6 N–H and O–H groups in total. The van der Waals surface area contributed by atoms with Gasteiger partial charge in [0.05, 0.1) is 6.10 Å². The number of hydrogen-bond donors (Lipinski definition) is 4. The summed E-state index contributed by atoms with van der Waals surface area (Å²) in [6.07, 6.45) is 2.16. The molecule has 0 aliphatic carbocycles. The van der Waals surface area contributed by atoms with E-state index in [2.05, 4.69) is 10.3 Å². The molecule has 0 spiro atoms. The van der Waals surface area contributed by atoms with Crippen LogP contribution in [0.1, 0.15) is 50.9 Å². The summed E-state index contributed by atoms with van der Waals surface area (Å²) in [5.41, 5.74) is 9.16. The number of nitrogens with one attached hydrogen (secondary N) is 1. The van der Waals surface area contributed by atoms with Crippen LogP contribution < -0.4 is 26.9 Å². The number of phenols is 1. The van der Waals surface area contributed by atoms with Crippen LogP contribution in [0.3, 0.4) is 0 Å². The fourth-order valence-electron chi connectivity index (χ4n) is 5.83. The van der Waals surface area contributed by atoms with Crippen LogP contribution in [0.2, 0.25) is 0 Å². The summed E-state index contributed by atoms with van der Waals surface area (Å²) in [6.45, 7) is 7.47. The van der Waals surface area contributed by atoms with E-state index in [-0.39, 0.29) is 46.5 Å². The number of benzene rings is 1. The second kappa shape index (κ2) is 9.77. The quantitative estimate of drug-likeness (QED) is 0.136. The highest BCUT2D eigenvalue weighted by Crippen LogP contribution is 2.48. The van der Waals surface area contributed by atoms with E-state index in [1.165, 1.54) is 6.07 Å². The van der Waals surface area contributed by atoms with Crippen LogP contribution in [-0.2, 0) is 20.7 Å². The molecule has 4 unspecified atom stereocenters. The molecule has 5 rings (SSSR count). The van der Waals surface area contributed by atoms with Crippen molar-refractivity contribution in [1.29, 1.82) is 0 Å². The first-order valence-electron chi connectivity index (χ1n) is 13.2. The number of aromatic hydroxyl groups is 1. The Morgan fingerprint density at radius 2 is 2.00 bits per heavy atom.